The van der Waals surface area contributed by atoms with Crippen LogP contribution in [-0.4, -0.2) is 24.5 Å². The van der Waals surface area contributed by atoms with Crippen molar-refractivity contribution in [2.24, 2.45) is 4.99 Å². The predicted octanol–water partition coefficient (Wildman–Crippen LogP) is 3.31. The van der Waals surface area contributed by atoms with Gasteiger partial charge in [0.1, 0.15) is 0 Å². The fraction of sp³-hybridized carbons (Fsp3) is 0.182. The molecule has 0 radical (unpaired) electrons. The number of benzene rings is 1. The molecule has 0 aliphatic heterocycles. The Morgan fingerprint density at radius 2 is 2.32 bits per heavy atom. The summed E-state index contributed by atoms with van der Waals surface area (Å²) in [4.78, 5) is 15.9. The third kappa shape index (κ3) is 4.13. The van der Waals surface area contributed by atoms with Crippen LogP contribution in [0, 0.1) is 11.5 Å². The second-order valence-electron chi connectivity index (χ2n) is 3.13. The number of nitrogens with one attached hydrogen (secondary N) is 1. The summed E-state index contributed by atoms with van der Waals surface area (Å²) >= 11 is 10.4. The lowest BCUT2D eigenvalue weighted by Gasteiger charge is -2.08. The topological polar surface area (TPSA) is 74.5 Å². The summed E-state index contributed by atoms with van der Waals surface area (Å²) in [7, 11) is 1.27. The largest absolute Gasteiger partial charge is 0.465 e. The van der Waals surface area contributed by atoms with E-state index in [1.54, 1.807) is 18.5 Å². The van der Waals surface area contributed by atoms with E-state index >= 15 is 0 Å². The van der Waals surface area contributed by atoms with Gasteiger partial charge in [0.15, 0.2) is 11.4 Å². The van der Waals surface area contributed by atoms with Gasteiger partial charge in [0, 0.05) is 9.50 Å². The molecule has 19 heavy (non-hydrogen) atoms. The zero-order valence-corrected chi connectivity index (χ0v) is 13.2. The molecule has 0 aliphatic carbocycles. The number of thioether (sulfide) groups is 1. The van der Waals surface area contributed by atoms with Crippen molar-refractivity contribution in [3.63, 3.8) is 0 Å². The van der Waals surface area contributed by atoms with Crippen molar-refractivity contribution >= 4 is 56.1 Å². The number of esters is 1. The molecule has 1 aromatic rings. The van der Waals surface area contributed by atoms with Gasteiger partial charge in [-0.2, -0.15) is 5.26 Å². The fourth-order valence-electron chi connectivity index (χ4n) is 1.22. The second kappa shape index (κ2) is 7.38. The Bertz CT molecular complexity index is 572. The van der Waals surface area contributed by atoms with Crippen molar-refractivity contribution in [1.29, 1.82) is 5.26 Å². The summed E-state index contributed by atoms with van der Waals surface area (Å²) in [5.74, 6) is -0.556. The van der Waals surface area contributed by atoms with E-state index in [4.69, 9.17) is 16.9 Å². The van der Waals surface area contributed by atoms with E-state index in [9.17, 15) is 4.79 Å². The summed E-state index contributed by atoms with van der Waals surface area (Å²) in [6, 6.07) is 3.07. The van der Waals surface area contributed by atoms with Gasteiger partial charge in [-0.25, -0.2) is 9.79 Å². The second-order valence-corrected chi connectivity index (χ2v) is 5.22. The number of carbonyl (C=O) groups excluding carboxylic acids is 1. The van der Waals surface area contributed by atoms with Crippen molar-refractivity contribution in [2.75, 3.05) is 13.4 Å². The number of rotatable bonds is 2. The average molecular weight is 363 g/mol. The maximum Gasteiger partial charge on any atom is 0.340 e. The molecule has 8 heteroatoms. The number of aliphatic imine (C=N–C) groups is 1. The Kier molecular flexibility index (Phi) is 6.15. The normalized spacial score (nSPS) is 10.8. The minimum Gasteiger partial charge on any atom is -0.465 e. The molecule has 1 rings (SSSR count). The van der Waals surface area contributed by atoms with Gasteiger partial charge in [-0.05, 0) is 34.3 Å². The number of methoxy groups -OCH3 is 1. The molecule has 0 unspecified atom stereocenters. The van der Waals surface area contributed by atoms with Crippen molar-refractivity contribution in [2.45, 2.75) is 0 Å². The van der Waals surface area contributed by atoms with E-state index in [0.29, 0.717) is 20.4 Å². The Hall–Kier alpha value is -1.23. The molecule has 1 N–H and O–H groups in total. The molecular formula is C11H9BrClN3O2S. The maximum absolute atomic E-state index is 11.7. The number of amidine groups is 1. The highest BCUT2D eigenvalue weighted by Gasteiger charge is 2.16. The van der Waals surface area contributed by atoms with Crippen molar-refractivity contribution in [1.82, 2.24) is 5.32 Å². The highest BCUT2D eigenvalue weighted by atomic mass is 79.9. The molecule has 0 bridgehead atoms. The third-order valence-electron chi connectivity index (χ3n) is 2.00. The van der Waals surface area contributed by atoms with Crippen LogP contribution in [0.15, 0.2) is 21.6 Å². The van der Waals surface area contributed by atoms with Crippen LogP contribution in [0.2, 0.25) is 5.02 Å². The highest BCUT2D eigenvalue weighted by Crippen LogP contribution is 2.34. The molecule has 0 heterocycles. The summed E-state index contributed by atoms with van der Waals surface area (Å²) in [5, 5.41) is 11.8. The van der Waals surface area contributed by atoms with Crippen molar-refractivity contribution < 1.29 is 9.53 Å². The van der Waals surface area contributed by atoms with E-state index < -0.39 is 5.97 Å². The van der Waals surface area contributed by atoms with E-state index in [2.05, 4.69) is 31.0 Å². The Morgan fingerprint density at radius 3 is 2.84 bits per heavy atom. The zero-order chi connectivity index (χ0) is 14.4. The molecule has 0 atom stereocenters. The first kappa shape index (κ1) is 15.8. The quantitative estimate of drug-likeness (QED) is 0.287. The molecule has 0 spiro atoms. The van der Waals surface area contributed by atoms with Gasteiger partial charge in [-0.15, -0.1) is 0 Å². The summed E-state index contributed by atoms with van der Waals surface area (Å²) in [5.41, 5.74) is 0.566. The van der Waals surface area contributed by atoms with Crippen molar-refractivity contribution in [3.8, 4) is 6.19 Å². The molecule has 0 saturated heterocycles. The smallest absolute Gasteiger partial charge is 0.340 e. The maximum atomic E-state index is 11.7. The molecule has 0 aromatic heterocycles. The Labute approximate surface area is 128 Å². The molecule has 0 fully saturated rings. The van der Waals surface area contributed by atoms with E-state index in [0.717, 1.165) is 0 Å². The van der Waals surface area contributed by atoms with Crippen LogP contribution >= 0.6 is 39.3 Å². The molecule has 0 saturated carbocycles. The standard InChI is InChI=1S/C11H9BrClN3O2S/c1-18-10(17)7-3-6(13)4-8(12)9(7)16-11(19-2)15-5-14/h3-4H,1-2H3,(H,15,16). The van der Waals surface area contributed by atoms with Crippen LogP contribution in [0.25, 0.3) is 0 Å². The summed E-state index contributed by atoms with van der Waals surface area (Å²) < 4.78 is 5.22. The van der Waals surface area contributed by atoms with Gasteiger partial charge >= 0.3 is 5.97 Å². The lowest BCUT2D eigenvalue weighted by molar-refractivity contribution is 0.0601. The summed E-state index contributed by atoms with van der Waals surface area (Å²) in [6.45, 7) is 0. The van der Waals surface area contributed by atoms with Crippen LogP contribution in [0.5, 0.6) is 0 Å². The van der Waals surface area contributed by atoms with Crippen LogP contribution in [0.1, 0.15) is 10.4 Å². The molecule has 0 aliphatic rings. The highest BCUT2D eigenvalue weighted by molar-refractivity contribution is 9.10. The van der Waals surface area contributed by atoms with Crippen molar-refractivity contribution in [3.05, 3.63) is 27.2 Å². The van der Waals surface area contributed by atoms with Gasteiger partial charge < -0.3 is 4.74 Å². The molecule has 100 valence electrons. The summed E-state index contributed by atoms with van der Waals surface area (Å²) in [6.07, 6.45) is 3.53. The van der Waals surface area contributed by atoms with Crippen LogP contribution in [-0.2, 0) is 4.74 Å². The SMILES string of the molecule is COC(=O)c1cc(Cl)cc(Br)c1N=C(NC#N)SC. The molecule has 5 nitrogen and oxygen atoms in total. The zero-order valence-electron chi connectivity index (χ0n) is 10.0. The number of halogens is 2. The van der Waals surface area contributed by atoms with Crippen LogP contribution in [0.3, 0.4) is 0 Å². The molecular weight excluding hydrogens is 354 g/mol. The van der Waals surface area contributed by atoms with E-state index in [-0.39, 0.29) is 5.56 Å². The van der Waals surface area contributed by atoms with Gasteiger partial charge in [0.25, 0.3) is 0 Å². The Morgan fingerprint density at radius 1 is 1.63 bits per heavy atom. The fourth-order valence-corrected chi connectivity index (χ4v) is 2.45. The van der Waals surface area contributed by atoms with Crippen LogP contribution < -0.4 is 5.32 Å². The number of carbonyl (C=O) groups is 1. The number of hydrogen-bond acceptors (Lipinski definition) is 5. The minimum atomic E-state index is -0.556. The first-order valence-electron chi connectivity index (χ1n) is 4.88. The Balaban J connectivity index is 3.41. The lowest BCUT2D eigenvalue weighted by atomic mass is 10.2. The number of hydrogen-bond donors (Lipinski definition) is 1. The minimum absolute atomic E-state index is 0.216. The van der Waals surface area contributed by atoms with Crippen LogP contribution in [0.4, 0.5) is 5.69 Å². The van der Waals surface area contributed by atoms with E-state index in [1.165, 1.54) is 24.9 Å². The number of ether oxygens (including phenoxy) is 1. The predicted molar refractivity (Wildman–Crippen MR) is 79.9 cm³/mol. The van der Waals surface area contributed by atoms with Gasteiger partial charge in [-0.3, -0.25) is 5.32 Å². The monoisotopic (exact) mass is 361 g/mol. The van der Waals surface area contributed by atoms with Gasteiger partial charge in [-0.1, -0.05) is 23.4 Å². The van der Waals surface area contributed by atoms with E-state index in [1.807, 2.05) is 0 Å². The first-order chi connectivity index (χ1) is 9.03. The lowest BCUT2D eigenvalue weighted by Crippen LogP contribution is -2.13. The average Bonchev–Trinajstić information content (AvgIpc) is 2.39. The number of nitriles is 1. The first-order valence-corrected chi connectivity index (χ1v) is 7.28. The molecule has 0 amide bonds. The van der Waals surface area contributed by atoms with Gasteiger partial charge in [0.2, 0.25) is 0 Å². The van der Waals surface area contributed by atoms with Gasteiger partial charge in [0.05, 0.1) is 18.4 Å². The third-order valence-corrected chi connectivity index (χ3v) is 3.41. The molecule has 1 aromatic carbocycles. The number of nitrogens with zero attached hydrogens (tertiary/aromatic N) is 2.